The minimum Gasteiger partial charge on any atom is -0.488 e. The molecule has 2 nitrogen and oxygen atoms in total. The van der Waals surface area contributed by atoms with Gasteiger partial charge in [-0.1, -0.05) is 37.4 Å². The van der Waals surface area contributed by atoms with E-state index in [2.05, 4.69) is 37.4 Å². The number of allylic oxidation sites excluding steroid dienone is 2. The molecule has 0 radical (unpaired) electrons. The fraction of sp³-hybridized carbons (Fsp3) is 0.444. The summed E-state index contributed by atoms with van der Waals surface area (Å²) in [7, 11) is 0. The number of hydrogen-bond donors (Lipinski definition) is 0. The Bertz CT molecular complexity index is 446. The monoisotopic (exact) mass is 274 g/mol. The van der Waals surface area contributed by atoms with E-state index in [-0.39, 0.29) is 11.2 Å². The van der Waals surface area contributed by atoms with Crippen LogP contribution in [0.4, 0.5) is 0 Å². The lowest BCUT2D eigenvalue weighted by Gasteiger charge is -2.30. The molecule has 1 rings (SSSR count). The lowest BCUT2D eigenvalue weighted by molar-refractivity contribution is 0.0303. The second-order valence-corrected chi connectivity index (χ2v) is 6.21. The van der Waals surface area contributed by atoms with E-state index in [0.29, 0.717) is 11.5 Å². The summed E-state index contributed by atoms with van der Waals surface area (Å²) in [4.78, 5) is 0. The fourth-order valence-corrected chi connectivity index (χ4v) is 2.26. The molecule has 1 aromatic rings. The van der Waals surface area contributed by atoms with Gasteiger partial charge in [0.15, 0.2) is 0 Å². The van der Waals surface area contributed by atoms with Gasteiger partial charge in [0, 0.05) is 0 Å². The highest BCUT2D eigenvalue weighted by atomic mass is 16.5. The van der Waals surface area contributed by atoms with Gasteiger partial charge in [-0.3, -0.25) is 0 Å². The van der Waals surface area contributed by atoms with E-state index in [1.54, 1.807) is 0 Å². The maximum Gasteiger partial charge on any atom is 0.128 e. The third-order valence-corrected chi connectivity index (χ3v) is 3.13. The fourth-order valence-electron chi connectivity index (χ4n) is 2.26. The average molecular weight is 274 g/mol. The van der Waals surface area contributed by atoms with Crippen molar-refractivity contribution in [3.05, 3.63) is 60.1 Å². The minimum absolute atomic E-state index is 0.385. The maximum absolute atomic E-state index is 5.77. The molecule has 0 saturated carbocycles. The summed E-state index contributed by atoms with van der Waals surface area (Å²) < 4.78 is 11.5. The van der Waals surface area contributed by atoms with Crippen molar-refractivity contribution >= 4 is 0 Å². The first kappa shape index (κ1) is 16.4. The second kappa shape index (κ2) is 5.74. The van der Waals surface area contributed by atoms with Crippen LogP contribution in [0.15, 0.2) is 48.9 Å². The Morgan fingerprint density at radius 2 is 1.00 bits per heavy atom. The average Bonchev–Trinajstić information content (AvgIpc) is 2.25. The molecule has 0 aromatic heterocycles. The van der Waals surface area contributed by atoms with Gasteiger partial charge in [-0.25, -0.2) is 0 Å². The standard InChI is InChI=1S/C18H26O2/c1-13(2)19-17(5,6)15-9-11-16(12-10-15)18(7,8)20-14(3)4/h9-12H,1,3H2,2,4-8H3. The lowest BCUT2D eigenvalue weighted by Crippen LogP contribution is -2.23. The number of ether oxygens (including phenoxy) is 2. The van der Waals surface area contributed by atoms with Crippen LogP contribution < -0.4 is 0 Å². The van der Waals surface area contributed by atoms with Crippen LogP contribution in [0.1, 0.15) is 52.7 Å². The zero-order valence-electron chi connectivity index (χ0n) is 13.5. The minimum atomic E-state index is -0.385. The van der Waals surface area contributed by atoms with Crippen molar-refractivity contribution < 1.29 is 9.47 Å². The summed E-state index contributed by atoms with van der Waals surface area (Å²) in [5, 5.41) is 0. The third-order valence-electron chi connectivity index (χ3n) is 3.13. The van der Waals surface area contributed by atoms with Crippen LogP contribution in [0.25, 0.3) is 0 Å². The number of benzene rings is 1. The summed E-state index contributed by atoms with van der Waals surface area (Å²) in [6, 6.07) is 8.28. The molecule has 0 fully saturated rings. The summed E-state index contributed by atoms with van der Waals surface area (Å²) in [5.74, 6) is 1.43. The topological polar surface area (TPSA) is 18.5 Å². The third kappa shape index (κ3) is 4.16. The summed E-state index contributed by atoms with van der Waals surface area (Å²) in [6.45, 7) is 19.5. The maximum atomic E-state index is 5.77. The molecular weight excluding hydrogens is 248 g/mol. The molecule has 0 N–H and O–H groups in total. The molecule has 0 saturated heterocycles. The van der Waals surface area contributed by atoms with Crippen molar-refractivity contribution in [1.29, 1.82) is 0 Å². The lowest BCUT2D eigenvalue weighted by atomic mass is 9.92. The normalized spacial score (nSPS) is 11.9. The Labute approximate surface area is 123 Å². The molecular formula is C18H26O2. The first-order valence-corrected chi connectivity index (χ1v) is 6.84. The largest absolute Gasteiger partial charge is 0.488 e. The molecule has 2 heteroatoms. The number of rotatable bonds is 6. The predicted octanol–water partition coefficient (Wildman–Crippen LogP) is 5.26. The van der Waals surface area contributed by atoms with Gasteiger partial charge in [-0.2, -0.15) is 0 Å². The van der Waals surface area contributed by atoms with Gasteiger partial charge >= 0.3 is 0 Å². The van der Waals surface area contributed by atoms with Crippen LogP contribution >= 0.6 is 0 Å². The van der Waals surface area contributed by atoms with Gasteiger partial charge in [0.25, 0.3) is 0 Å². The van der Waals surface area contributed by atoms with Crippen LogP contribution in [-0.4, -0.2) is 0 Å². The predicted molar refractivity (Wildman–Crippen MR) is 84.3 cm³/mol. The van der Waals surface area contributed by atoms with Crippen LogP contribution in [-0.2, 0) is 20.7 Å². The van der Waals surface area contributed by atoms with Crippen LogP contribution in [0.3, 0.4) is 0 Å². The van der Waals surface area contributed by atoms with Crippen molar-refractivity contribution in [2.45, 2.75) is 52.7 Å². The highest BCUT2D eigenvalue weighted by molar-refractivity contribution is 5.30. The first-order valence-electron chi connectivity index (χ1n) is 6.84. The molecule has 1 aromatic carbocycles. The van der Waals surface area contributed by atoms with Crippen LogP contribution in [0, 0.1) is 0 Å². The van der Waals surface area contributed by atoms with E-state index in [9.17, 15) is 0 Å². The molecule has 20 heavy (non-hydrogen) atoms. The molecule has 0 atom stereocenters. The zero-order chi connectivity index (χ0) is 15.6. The summed E-state index contributed by atoms with van der Waals surface area (Å²) in [5.41, 5.74) is 1.44. The van der Waals surface area contributed by atoms with E-state index in [0.717, 1.165) is 11.1 Å². The molecule has 0 aliphatic heterocycles. The van der Waals surface area contributed by atoms with Gasteiger partial charge in [0.2, 0.25) is 0 Å². The first-order chi connectivity index (χ1) is 9.04. The second-order valence-electron chi connectivity index (χ2n) is 6.21. The van der Waals surface area contributed by atoms with Gasteiger partial charge in [0.05, 0.1) is 11.5 Å². The van der Waals surface area contributed by atoms with E-state index >= 15 is 0 Å². The van der Waals surface area contributed by atoms with Crippen molar-refractivity contribution in [1.82, 2.24) is 0 Å². The molecule has 0 aliphatic rings. The van der Waals surface area contributed by atoms with E-state index in [1.807, 2.05) is 41.5 Å². The van der Waals surface area contributed by atoms with E-state index in [4.69, 9.17) is 9.47 Å². The highest BCUT2D eigenvalue weighted by Gasteiger charge is 2.25. The van der Waals surface area contributed by atoms with Gasteiger partial charge in [-0.05, 0) is 52.7 Å². The molecule has 0 unspecified atom stereocenters. The highest BCUT2D eigenvalue weighted by Crippen LogP contribution is 2.31. The summed E-state index contributed by atoms with van der Waals surface area (Å²) in [6.07, 6.45) is 0. The van der Waals surface area contributed by atoms with E-state index < -0.39 is 0 Å². The summed E-state index contributed by atoms with van der Waals surface area (Å²) >= 11 is 0. The van der Waals surface area contributed by atoms with Crippen LogP contribution in [0.5, 0.6) is 0 Å². The number of hydrogen-bond acceptors (Lipinski definition) is 2. The van der Waals surface area contributed by atoms with E-state index in [1.165, 1.54) is 0 Å². The van der Waals surface area contributed by atoms with Gasteiger partial charge < -0.3 is 9.47 Å². The molecule has 0 bridgehead atoms. The zero-order valence-corrected chi connectivity index (χ0v) is 13.5. The Hall–Kier alpha value is -1.70. The Morgan fingerprint density at radius 1 is 0.750 bits per heavy atom. The SMILES string of the molecule is C=C(C)OC(C)(C)c1ccc(C(C)(C)OC(=C)C)cc1. The Morgan fingerprint density at radius 3 is 1.20 bits per heavy atom. The van der Waals surface area contributed by atoms with Crippen molar-refractivity contribution in [2.75, 3.05) is 0 Å². The van der Waals surface area contributed by atoms with Crippen molar-refractivity contribution in [2.24, 2.45) is 0 Å². The van der Waals surface area contributed by atoms with Crippen molar-refractivity contribution in [3.63, 3.8) is 0 Å². The van der Waals surface area contributed by atoms with Crippen LogP contribution in [0.2, 0.25) is 0 Å². The molecule has 0 spiro atoms. The molecule has 0 amide bonds. The molecule has 0 aliphatic carbocycles. The smallest absolute Gasteiger partial charge is 0.128 e. The Balaban J connectivity index is 2.99. The van der Waals surface area contributed by atoms with Gasteiger partial charge in [0.1, 0.15) is 11.2 Å². The molecule has 0 heterocycles. The Kier molecular flexibility index (Phi) is 4.69. The molecule has 110 valence electrons. The van der Waals surface area contributed by atoms with Crippen molar-refractivity contribution in [3.8, 4) is 0 Å². The van der Waals surface area contributed by atoms with Gasteiger partial charge in [-0.15, -0.1) is 0 Å². The quantitative estimate of drug-likeness (QED) is 0.659.